The third kappa shape index (κ3) is 3.88. The molecule has 8 aromatic carbocycles. The van der Waals surface area contributed by atoms with Crippen LogP contribution in [0.25, 0.3) is 54.6 Å². The van der Waals surface area contributed by atoms with Gasteiger partial charge in [0.2, 0.25) is 0 Å². The minimum absolute atomic E-state index is 0.0885. The molecule has 0 N–H and O–H groups in total. The van der Waals surface area contributed by atoms with Gasteiger partial charge in [0.05, 0.1) is 5.69 Å². The molecule has 0 bridgehead atoms. The molecule has 1 nitrogen and oxygen atoms in total. The first kappa shape index (κ1) is 28.4. The highest BCUT2D eigenvalue weighted by atomic mass is 15.1. The Labute approximate surface area is 288 Å². The standard InChI is InChI=1S/C48H37N/c1-47(2)40-21-13-12-20-38(40)46-37-19-11-10-18-36(37)44(29-43(46)47)49(33-15-6-5-7-16-33)34-24-22-31-27-39-42(28-32(31)26-34)48(3,4)41-25-23-30-14-8-9-17-35(30)45(39)41/h5-29H,1-4H3. The summed E-state index contributed by atoms with van der Waals surface area (Å²) in [5, 5.41) is 7.73. The number of nitrogens with zero attached hydrogens (tertiary/aromatic N) is 1. The maximum Gasteiger partial charge on any atom is 0.0543 e. The van der Waals surface area contributed by atoms with E-state index in [0.717, 1.165) is 11.4 Å². The molecule has 0 unspecified atom stereocenters. The van der Waals surface area contributed by atoms with Crippen LogP contribution in [0.3, 0.4) is 0 Å². The summed E-state index contributed by atoms with van der Waals surface area (Å²) in [6.45, 7) is 9.52. The lowest BCUT2D eigenvalue weighted by molar-refractivity contribution is 0.661. The lowest BCUT2D eigenvalue weighted by Crippen LogP contribution is -2.17. The van der Waals surface area contributed by atoms with E-state index in [9.17, 15) is 0 Å². The van der Waals surface area contributed by atoms with Crippen LogP contribution in [-0.2, 0) is 10.8 Å². The molecule has 0 amide bonds. The Bertz CT molecular complexity index is 2660. The van der Waals surface area contributed by atoms with E-state index in [4.69, 9.17) is 0 Å². The van der Waals surface area contributed by atoms with Gasteiger partial charge in [0.1, 0.15) is 0 Å². The van der Waals surface area contributed by atoms with E-state index < -0.39 is 0 Å². The number of benzene rings is 8. The quantitative estimate of drug-likeness (QED) is 0.188. The maximum absolute atomic E-state index is 2.47. The third-order valence-corrected chi connectivity index (χ3v) is 11.6. The molecule has 0 spiro atoms. The molecular weight excluding hydrogens is 591 g/mol. The summed E-state index contributed by atoms with van der Waals surface area (Å²) in [6.07, 6.45) is 0. The van der Waals surface area contributed by atoms with Gasteiger partial charge in [-0.15, -0.1) is 0 Å². The van der Waals surface area contributed by atoms with Crippen LogP contribution in [0.2, 0.25) is 0 Å². The van der Waals surface area contributed by atoms with Gasteiger partial charge in [-0.05, 0) is 114 Å². The Morgan fingerprint density at radius 1 is 0.367 bits per heavy atom. The number of para-hydroxylation sites is 1. The number of anilines is 3. The maximum atomic E-state index is 2.47. The van der Waals surface area contributed by atoms with Gasteiger partial charge in [0.25, 0.3) is 0 Å². The van der Waals surface area contributed by atoms with Crippen LogP contribution in [0, 0.1) is 0 Å². The highest BCUT2D eigenvalue weighted by Gasteiger charge is 2.38. The van der Waals surface area contributed by atoms with Crippen molar-refractivity contribution in [1.29, 1.82) is 0 Å². The minimum Gasteiger partial charge on any atom is -0.310 e. The van der Waals surface area contributed by atoms with Crippen molar-refractivity contribution in [3.63, 3.8) is 0 Å². The Kier molecular flexibility index (Phi) is 5.75. The summed E-state index contributed by atoms with van der Waals surface area (Å²) in [6, 6.07) is 56.7. The van der Waals surface area contributed by atoms with E-state index in [0.29, 0.717) is 0 Å². The average Bonchev–Trinajstić information content (AvgIpc) is 3.50. The molecule has 0 radical (unpaired) electrons. The summed E-state index contributed by atoms with van der Waals surface area (Å²) in [7, 11) is 0. The first-order valence-electron chi connectivity index (χ1n) is 17.4. The summed E-state index contributed by atoms with van der Waals surface area (Å²) < 4.78 is 0. The van der Waals surface area contributed by atoms with Crippen LogP contribution in [0.4, 0.5) is 17.1 Å². The summed E-state index contributed by atoms with van der Waals surface area (Å²) in [5.41, 5.74) is 14.4. The number of hydrogen-bond donors (Lipinski definition) is 0. The Morgan fingerprint density at radius 3 is 1.86 bits per heavy atom. The SMILES string of the molecule is CC1(C)c2cc3cc(N(c4ccccc4)c4cc5c(c6ccccc46)-c4ccccc4C5(C)C)ccc3cc2-c2c1ccc1ccccc21. The van der Waals surface area contributed by atoms with Gasteiger partial charge in [-0.1, -0.05) is 137 Å². The number of hydrogen-bond acceptors (Lipinski definition) is 1. The molecule has 0 aliphatic heterocycles. The number of rotatable bonds is 3. The first-order chi connectivity index (χ1) is 23.8. The predicted molar refractivity (Wildman–Crippen MR) is 209 cm³/mol. The first-order valence-corrected chi connectivity index (χ1v) is 17.4. The van der Waals surface area contributed by atoms with Crippen molar-refractivity contribution in [3.05, 3.63) is 174 Å². The summed E-state index contributed by atoms with van der Waals surface area (Å²) in [5.74, 6) is 0. The summed E-state index contributed by atoms with van der Waals surface area (Å²) in [4.78, 5) is 2.47. The van der Waals surface area contributed by atoms with Gasteiger partial charge in [-0.3, -0.25) is 0 Å². The van der Waals surface area contributed by atoms with Crippen molar-refractivity contribution in [2.24, 2.45) is 0 Å². The Hall–Kier alpha value is -5.66. The second-order valence-electron chi connectivity index (χ2n) is 15.0. The molecule has 0 saturated carbocycles. The van der Waals surface area contributed by atoms with Crippen LogP contribution in [0.5, 0.6) is 0 Å². The second-order valence-corrected chi connectivity index (χ2v) is 15.0. The van der Waals surface area contributed by atoms with Crippen LogP contribution in [0.1, 0.15) is 49.9 Å². The average molecular weight is 628 g/mol. The fraction of sp³-hybridized carbons (Fsp3) is 0.125. The van der Waals surface area contributed by atoms with Crippen LogP contribution >= 0.6 is 0 Å². The molecule has 10 rings (SSSR count). The van der Waals surface area contributed by atoms with E-state index in [1.54, 1.807) is 0 Å². The lowest BCUT2D eigenvalue weighted by Gasteiger charge is -2.30. The smallest absolute Gasteiger partial charge is 0.0543 e. The van der Waals surface area contributed by atoms with Crippen molar-refractivity contribution < 1.29 is 0 Å². The zero-order valence-electron chi connectivity index (χ0n) is 28.4. The molecule has 8 aromatic rings. The molecule has 1 heteroatoms. The van der Waals surface area contributed by atoms with Crippen molar-refractivity contribution in [3.8, 4) is 22.3 Å². The highest BCUT2D eigenvalue weighted by Crippen LogP contribution is 2.55. The van der Waals surface area contributed by atoms with E-state index >= 15 is 0 Å². The topological polar surface area (TPSA) is 3.24 Å². The molecule has 49 heavy (non-hydrogen) atoms. The van der Waals surface area contributed by atoms with Crippen molar-refractivity contribution in [1.82, 2.24) is 0 Å². The molecule has 2 aliphatic rings. The van der Waals surface area contributed by atoms with Gasteiger partial charge < -0.3 is 4.90 Å². The third-order valence-electron chi connectivity index (χ3n) is 11.6. The normalized spacial score (nSPS) is 14.9. The highest BCUT2D eigenvalue weighted by molar-refractivity contribution is 6.11. The summed E-state index contributed by atoms with van der Waals surface area (Å²) >= 11 is 0. The fourth-order valence-corrected chi connectivity index (χ4v) is 9.10. The molecule has 2 aliphatic carbocycles. The second kappa shape index (κ2) is 9.94. The minimum atomic E-state index is -0.109. The van der Waals surface area contributed by atoms with E-state index in [1.165, 1.54) is 82.5 Å². The zero-order chi connectivity index (χ0) is 33.1. The Balaban J connectivity index is 1.21. The monoisotopic (exact) mass is 627 g/mol. The fourth-order valence-electron chi connectivity index (χ4n) is 9.10. The van der Waals surface area contributed by atoms with Crippen LogP contribution < -0.4 is 4.90 Å². The van der Waals surface area contributed by atoms with Crippen LogP contribution in [0.15, 0.2) is 152 Å². The van der Waals surface area contributed by atoms with Crippen molar-refractivity contribution in [2.75, 3.05) is 4.90 Å². The van der Waals surface area contributed by atoms with Gasteiger partial charge in [0, 0.05) is 27.6 Å². The van der Waals surface area contributed by atoms with Gasteiger partial charge in [-0.25, -0.2) is 0 Å². The van der Waals surface area contributed by atoms with Crippen molar-refractivity contribution >= 4 is 49.4 Å². The van der Waals surface area contributed by atoms with Crippen LogP contribution in [-0.4, -0.2) is 0 Å². The van der Waals surface area contributed by atoms with Gasteiger partial charge >= 0.3 is 0 Å². The molecule has 0 saturated heterocycles. The zero-order valence-corrected chi connectivity index (χ0v) is 28.4. The van der Waals surface area contributed by atoms with E-state index in [1.807, 2.05) is 0 Å². The lowest BCUT2D eigenvalue weighted by atomic mass is 9.81. The predicted octanol–water partition coefficient (Wildman–Crippen LogP) is 13.2. The molecule has 0 heterocycles. The molecule has 0 atom stereocenters. The number of fused-ring (bicyclic) bond motifs is 11. The molecule has 0 fully saturated rings. The van der Waals surface area contributed by atoms with Crippen molar-refractivity contribution in [2.45, 2.75) is 38.5 Å². The van der Waals surface area contributed by atoms with Gasteiger partial charge in [0.15, 0.2) is 0 Å². The Morgan fingerprint density at radius 2 is 1.02 bits per heavy atom. The molecule has 0 aromatic heterocycles. The molecule has 234 valence electrons. The molecular formula is C48H37N. The van der Waals surface area contributed by atoms with E-state index in [-0.39, 0.29) is 10.8 Å². The van der Waals surface area contributed by atoms with Gasteiger partial charge in [-0.2, -0.15) is 0 Å². The largest absolute Gasteiger partial charge is 0.310 e. The van der Waals surface area contributed by atoms with E-state index in [2.05, 4.69) is 184 Å².